The Hall–Kier alpha value is -2.19. The van der Waals surface area contributed by atoms with E-state index in [0.717, 1.165) is 18.7 Å². The van der Waals surface area contributed by atoms with E-state index in [4.69, 9.17) is 32.7 Å². The average molecular weight is 440 g/mol. The van der Waals surface area contributed by atoms with Crippen molar-refractivity contribution in [2.24, 2.45) is 5.10 Å². The molecule has 1 aliphatic heterocycles. The minimum Gasteiger partial charge on any atom is -0.486 e. The summed E-state index contributed by atoms with van der Waals surface area (Å²) in [7, 11) is 0. The van der Waals surface area contributed by atoms with Crippen LogP contribution in [-0.4, -0.2) is 49.9 Å². The summed E-state index contributed by atoms with van der Waals surface area (Å²) in [6, 6.07) is 9.22. The molecule has 0 aliphatic carbocycles. The Labute approximate surface area is 178 Å². The molecule has 2 aromatic rings. The molecule has 2 aromatic carbocycles. The highest BCUT2D eigenvalue weighted by Gasteiger charge is 2.14. The summed E-state index contributed by atoms with van der Waals surface area (Å²) in [5.41, 5.74) is 3.88. The minimum atomic E-state index is -0.314. The summed E-state index contributed by atoms with van der Waals surface area (Å²) < 4.78 is 23.9. The number of carbonyl (C=O) groups excluding carboxylic acids is 1. The van der Waals surface area contributed by atoms with Crippen molar-refractivity contribution in [1.82, 2.24) is 10.3 Å². The summed E-state index contributed by atoms with van der Waals surface area (Å²) in [6.45, 7) is 3.17. The molecule has 1 N–H and O–H groups in total. The van der Waals surface area contributed by atoms with Crippen molar-refractivity contribution in [1.29, 1.82) is 0 Å². The molecule has 1 heterocycles. The Kier molecular flexibility index (Phi) is 7.83. The van der Waals surface area contributed by atoms with E-state index in [2.05, 4.69) is 10.5 Å². The van der Waals surface area contributed by atoms with Gasteiger partial charge in [0, 0.05) is 13.1 Å². The number of halogens is 3. The molecule has 0 aromatic heterocycles. The van der Waals surface area contributed by atoms with Gasteiger partial charge in [0.05, 0.1) is 36.0 Å². The number of hydrogen-bond acceptors (Lipinski definition) is 5. The number of morpholine rings is 1. The van der Waals surface area contributed by atoms with Crippen LogP contribution in [0.5, 0.6) is 5.75 Å². The van der Waals surface area contributed by atoms with Crippen LogP contribution in [0, 0.1) is 5.82 Å². The Morgan fingerprint density at radius 2 is 1.86 bits per heavy atom. The van der Waals surface area contributed by atoms with Gasteiger partial charge in [0.15, 0.2) is 5.75 Å². The van der Waals surface area contributed by atoms with Crippen molar-refractivity contribution in [2.75, 3.05) is 32.8 Å². The van der Waals surface area contributed by atoms with Crippen molar-refractivity contribution in [3.8, 4) is 5.75 Å². The van der Waals surface area contributed by atoms with Gasteiger partial charge < -0.3 is 9.47 Å². The SMILES string of the molecule is O=C(CN1CCOCC1)N/N=C/c1cc(Cl)c(OCc2ccc(F)cc2)c(Cl)c1. The van der Waals surface area contributed by atoms with Crippen LogP contribution >= 0.6 is 23.2 Å². The highest BCUT2D eigenvalue weighted by atomic mass is 35.5. The second kappa shape index (κ2) is 10.5. The second-order valence-electron chi connectivity index (χ2n) is 6.41. The molecule has 29 heavy (non-hydrogen) atoms. The van der Waals surface area contributed by atoms with Crippen molar-refractivity contribution >= 4 is 35.3 Å². The maximum absolute atomic E-state index is 13.0. The van der Waals surface area contributed by atoms with Gasteiger partial charge in [-0.15, -0.1) is 0 Å². The Bertz CT molecular complexity index is 849. The predicted molar refractivity (Wildman–Crippen MR) is 110 cm³/mol. The number of ether oxygens (including phenoxy) is 2. The van der Waals surface area contributed by atoms with Crippen LogP contribution in [-0.2, 0) is 16.1 Å². The first-order chi connectivity index (χ1) is 14.0. The molecule has 1 amide bonds. The molecule has 9 heteroatoms. The van der Waals surface area contributed by atoms with Crippen molar-refractivity contribution < 1.29 is 18.7 Å². The Balaban J connectivity index is 1.54. The van der Waals surface area contributed by atoms with E-state index in [1.165, 1.54) is 18.3 Å². The number of amides is 1. The van der Waals surface area contributed by atoms with E-state index in [0.29, 0.717) is 34.6 Å². The van der Waals surface area contributed by atoms with Crippen LogP contribution in [0.4, 0.5) is 4.39 Å². The minimum absolute atomic E-state index is 0.199. The normalized spacial score (nSPS) is 14.9. The van der Waals surface area contributed by atoms with Crippen LogP contribution in [0.3, 0.4) is 0 Å². The van der Waals surface area contributed by atoms with Crippen molar-refractivity contribution in [3.63, 3.8) is 0 Å². The average Bonchev–Trinajstić information content (AvgIpc) is 2.69. The third kappa shape index (κ3) is 6.68. The highest BCUT2D eigenvalue weighted by molar-refractivity contribution is 6.37. The van der Waals surface area contributed by atoms with Gasteiger partial charge in [-0.1, -0.05) is 35.3 Å². The number of hydrazone groups is 1. The zero-order valence-electron chi connectivity index (χ0n) is 15.5. The molecule has 0 radical (unpaired) electrons. The van der Waals surface area contributed by atoms with Crippen molar-refractivity contribution in [3.05, 3.63) is 63.4 Å². The molecule has 0 bridgehead atoms. The summed E-state index contributed by atoms with van der Waals surface area (Å²) in [4.78, 5) is 13.9. The number of nitrogens with zero attached hydrogens (tertiary/aromatic N) is 2. The first-order valence-electron chi connectivity index (χ1n) is 8.99. The largest absolute Gasteiger partial charge is 0.486 e. The topological polar surface area (TPSA) is 63.2 Å². The molecule has 1 aliphatic rings. The summed E-state index contributed by atoms with van der Waals surface area (Å²) in [6.07, 6.45) is 1.46. The van der Waals surface area contributed by atoms with Crippen LogP contribution in [0.15, 0.2) is 41.5 Å². The number of nitrogens with one attached hydrogen (secondary N) is 1. The lowest BCUT2D eigenvalue weighted by Crippen LogP contribution is -2.42. The summed E-state index contributed by atoms with van der Waals surface area (Å²) >= 11 is 12.5. The highest BCUT2D eigenvalue weighted by Crippen LogP contribution is 2.34. The van der Waals surface area contributed by atoms with E-state index in [-0.39, 0.29) is 24.9 Å². The lowest BCUT2D eigenvalue weighted by molar-refractivity contribution is -0.123. The number of benzene rings is 2. The molecule has 154 valence electrons. The standard InChI is InChI=1S/C20H20Cl2FN3O3/c21-17-9-15(11-24-25-19(27)12-26-5-7-28-8-6-26)10-18(22)20(17)29-13-14-1-3-16(23)4-2-14/h1-4,9-11H,5-8,12-13H2,(H,25,27)/b24-11+. The monoisotopic (exact) mass is 439 g/mol. The first kappa shape index (κ1) is 21.5. The number of rotatable bonds is 7. The maximum Gasteiger partial charge on any atom is 0.254 e. The predicted octanol–water partition coefficient (Wildman–Crippen LogP) is 3.49. The van der Waals surface area contributed by atoms with Gasteiger partial charge in [0.1, 0.15) is 12.4 Å². The molecule has 0 atom stereocenters. The molecular formula is C20H20Cl2FN3O3. The van der Waals surface area contributed by atoms with Crippen LogP contribution in [0.1, 0.15) is 11.1 Å². The zero-order chi connectivity index (χ0) is 20.6. The van der Waals surface area contributed by atoms with E-state index in [1.807, 2.05) is 4.90 Å². The third-order valence-electron chi connectivity index (χ3n) is 4.19. The quantitative estimate of drug-likeness (QED) is 0.529. The third-order valence-corrected chi connectivity index (χ3v) is 4.75. The summed E-state index contributed by atoms with van der Waals surface area (Å²) in [5.74, 6) is -0.198. The van der Waals surface area contributed by atoms with Gasteiger partial charge in [0.25, 0.3) is 5.91 Å². The van der Waals surface area contributed by atoms with Crippen LogP contribution in [0.2, 0.25) is 10.0 Å². The van der Waals surface area contributed by atoms with Gasteiger partial charge in [-0.25, -0.2) is 9.82 Å². The fourth-order valence-corrected chi connectivity index (χ4v) is 3.32. The molecular weight excluding hydrogens is 420 g/mol. The smallest absolute Gasteiger partial charge is 0.254 e. The van der Waals surface area contributed by atoms with Gasteiger partial charge in [-0.2, -0.15) is 5.10 Å². The summed E-state index contributed by atoms with van der Waals surface area (Å²) in [5, 5.41) is 4.56. The second-order valence-corrected chi connectivity index (χ2v) is 7.22. The number of carbonyl (C=O) groups is 1. The molecule has 6 nitrogen and oxygen atoms in total. The van der Waals surface area contributed by atoms with E-state index < -0.39 is 0 Å². The van der Waals surface area contributed by atoms with Gasteiger partial charge in [-0.05, 0) is 35.4 Å². The molecule has 0 spiro atoms. The molecule has 0 saturated carbocycles. The Morgan fingerprint density at radius 3 is 2.52 bits per heavy atom. The lowest BCUT2D eigenvalue weighted by Gasteiger charge is -2.25. The Morgan fingerprint density at radius 1 is 1.21 bits per heavy atom. The first-order valence-corrected chi connectivity index (χ1v) is 9.75. The molecule has 1 saturated heterocycles. The van der Waals surface area contributed by atoms with E-state index >= 15 is 0 Å². The zero-order valence-corrected chi connectivity index (χ0v) is 17.0. The van der Waals surface area contributed by atoms with Gasteiger partial charge >= 0.3 is 0 Å². The number of hydrogen-bond donors (Lipinski definition) is 1. The molecule has 3 rings (SSSR count). The van der Waals surface area contributed by atoms with E-state index in [9.17, 15) is 9.18 Å². The molecule has 1 fully saturated rings. The maximum atomic E-state index is 13.0. The van der Waals surface area contributed by atoms with Crippen LogP contribution < -0.4 is 10.2 Å². The van der Waals surface area contributed by atoms with Gasteiger partial charge in [0.2, 0.25) is 0 Å². The fourth-order valence-electron chi connectivity index (χ4n) is 2.70. The van der Waals surface area contributed by atoms with E-state index in [1.54, 1.807) is 24.3 Å². The fraction of sp³-hybridized carbons (Fsp3) is 0.300. The van der Waals surface area contributed by atoms with Crippen molar-refractivity contribution in [2.45, 2.75) is 6.61 Å². The van der Waals surface area contributed by atoms with Crippen LogP contribution in [0.25, 0.3) is 0 Å². The molecule has 0 unspecified atom stereocenters. The van der Waals surface area contributed by atoms with Gasteiger partial charge in [-0.3, -0.25) is 9.69 Å². The lowest BCUT2D eigenvalue weighted by atomic mass is 10.2.